The number of ether oxygens (including phenoxy) is 1. The van der Waals surface area contributed by atoms with Crippen LogP contribution in [0.1, 0.15) is 27.2 Å². The zero-order valence-corrected chi connectivity index (χ0v) is 14.4. The van der Waals surface area contributed by atoms with Gasteiger partial charge in [-0.1, -0.05) is 11.6 Å². The number of rotatable bonds is 3. The molecular weight excluding hydrogens is 327 g/mol. The van der Waals surface area contributed by atoms with Gasteiger partial charge in [0.2, 0.25) is 5.28 Å². The Morgan fingerprint density at radius 1 is 1.50 bits per heavy atom. The summed E-state index contributed by atoms with van der Waals surface area (Å²) in [4.78, 5) is 21.6. The quantitative estimate of drug-likeness (QED) is 0.849. The summed E-state index contributed by atoms with van der Waals surface area (Å²) in [6.07, 6.45) is 2.10. The van der Waals surface area contributed by atoms with Crippen LogP contribution in [0.3, 0.4) is 0 Å². The van der Waals surface area contributed by atoms with Gasteiger partial charge in [0.25, 0.3) is 0 Å². The number of aromatic nitrogens is 2. The highest BCUT2D eigenvalue weighted by Crippen LogP contribution is 2.23. The number of anilines is 1. The van der Waals surface area contributed by atoms with Crippen molar-refractivity contribution in [2.24, 2.45) is 5.92 Å². The standard InChI is InChI=1S/C14H20Cl2N4O2/c1-14(2,3)22-13(21)20-5-4-9(8-20)6-17-11-10(15)7-18-12(16)19-11/h7,9H,4-6,8H2,1-3H3,(H,17,18,19). The molecule has 1 aromatic heterocycles. The average Bonchev–Trinajstić information content (AvgIpc) is 2.87. The highest BCUT2D eigenvalue weighted by Gasteiger charge is 2.29. The van der Waals surface area contributed by atoms with Gasteiger partial charge in [-0.15, -0.1) is 0 Å². The van der Waals surface area contributed by atoms with E-state index in [2.05, 4.69) is 15.3 Å². The van der Waals surface area contributed by atoms with Gasteiger partial charge in [0.05, 0.1) is 6.20 Å². The lowest BCUT2D eigenvalue weighted by molar-refractivity contribution is 0.0289. The van der Waals surface area contributed by atoms with Crippen molar-refractivity contribution in [1.82, 2.24) is 14.9 Å². The molecule has 0 aliphatic carbocycles. The summed E-state index contributed by atoms with van der Waals surface area (Å²) >= 11 is 11.8. The van der Waals surface area contributed by atoms with Gasteiger partial charge in [0, 0.05) is 19.6 Å². The zero-order chi connectivity index (χ0) is 16.3. The van der Waals surface area contributed by atoms with Crippen molar-refractivity contribution in [3.8, 4) is 0 Å². The van der Waals surface area contributed by atoms with Crippen LogP contribution in [0.4, 0.5) is 10.6 Å². The fourth-order valence-electron chi connectivity index (χ4n) is 2.20. The molecule has 0 aromatic carbocycles. The largest absolute Gasteiger partial charge is 0.444 e. The van der Waals surface area contributed by atoms with Crippen LogP contribution in [0, 0.1) is 5.92 Å². The molecule has 1 aromatic rings. The summed E-state index contributed by atoms with van der Waals surface area (Å²) in [6.45, 7) is 7.59. The predicted molar refractivity (Wildman–Crippen MR) is 86.5 cm³/mol. The molecule has 0 radical (unpaired) electrons. The fraction of sp³-hybridized carbons (Fsp3) is 0.643. The summed E-state index contributed by atoms with van der Waals surface area (Å²) in [5.41, 5.74) is -0.474. The second kappa shape index (κ2) is 6.87. The third kappa shape index (κ3) is 4.88. The molecule has 1 unspecified atom stereocenters. The third-order valence-electron chi connectivity index (χ3n) is 3.21. The lowest BCUT2D eigenvalue weighted by atomic mass is 10.1. The third-order valence-corrected chi connectivity index (χ3v) is 3.67. The second-order valence-electron chi connectivity index (χ2n) is 6.30. The summed E-state index contributed by atoms with van der Waals surface area (Å²) in [5, 5.41) is 3.73. The first-order valence-electron chi connectivity index (χ1n) is 7.14. The number of hydrogen-bond donors (Lipinski definition) is 1. The molecule has 0 spiro atoms. The van der Waals surface area contributed by atoms with Crippen molar-refractivity contribution in [2.75, 3.05) is 25.0 Å². The Labute approximate surface area is 140 Å². The van der Waals surface area contributed by atoms with Gasteiger partial charge in [0.1, 0.15) is 16.4 Å². The SMILES string of the molecule is CC(C)(C)OC(=O)N1CCC(CNc2nc(Cl)ncc2Cl)C1. The molecule has 1 saturated heterocycles. The van der Waals surface area contributed by atoms with E-state index < -0.39 is 5.60 Å². The van der Waals surface area contributed by atoms with Crippen molar-refractivity contribution < 1.29 is 9.53 Å². The van der Waals surface area contributed by atoms with E-state index in [0.29, 0.717) is 36.4 Å². The molecule has 1 fully saturated rings. The van der Waals surface area contributed by atoms with Crippen LogP contribution in [0.2, 0.25) is 10.3 Å². The van der Waals surface area contributed by atoms with Crippen molar-refractivity contribution in [3.63, 3.8) is 0 Å². The van der Waals surface area contributed by atoms with Crippen molar-refractivity contribution in [1.29, 1.82) is 0 Å². The Balaban J connectivity index is 1.84. The molecule has 122 valence electrons. The molecule has 1 amide bonds. The summed E-state index contributed by atoms with van der Waals surface area (Å²) in [5.74, 6) is 0.828. The molecule has 6 nitrogen and oxygen atoms in total. The molecule has 1 N–H and O–H groups in total. The van der Waals surface area contributed by atoms with E-state index in [0.717, 1.165) is 6.42 Å². The Kier molecular flexibility index (Phi) is 5.34. The van der Waals surface area contributed by atoms with Gasteiger partial charge in [-0.3, -0.25) is 0 Å². The number of carbonyl (C=O) groups is 1. The number of amides is 1. The maximum Gasteiger partial charge on any atom is 0.410 e. The topological polar surface area (TPSA) is 67.3 Å². The maximum atomic E-state index is 12.0. The molecule has 8 heteroatoms. The van der Waals surface area contributed by atoms with Gasteiger partial charge in [-0.05, 0) is 44.7 Å². The number of carbonyl (C=O) groups excluding carboxylic acids is 1. The zero-order valence-electron chi connectivity index (χ0n) is 12.9. The molecule has 2 rings (SSSR count). The first-order valence-corrected chi connectivity index (χ1v) is 7.90. The number of nitrogens with zero attached hydrogens (tertiary/aromatic N) is 3. The van der Waals surface area contributed by atoms with Gasteiger partial charge < -0.3 is 15.0 Å². The minimum absolute atomic E-state index is 0.147. The Bertz CT molecular complexity index is 548. The average molecular weight is 347 g/mol. The predicted octanol–water partition coefficient (Wildman–Crippen LogP) is 3.45. The normalized spacial score (nSPS) is 18.4. The highest BCUT2D eigenvalue weighted by atomic mass is 35.5. The summed E-state index contributed by atoms with van der Waals surface area (Å²) < 4.78 is 5.37. The monoisotopic (exact) mass is 346 g/mol. The van der Waals surface area contributed by atoms with E-state index in [1.165, 1.54) is 6.20 Å². The lowest BCUT2D eigenvalue weighted by Crippen LogP contribution is -2.35. The van der Waals surface area contributed by atoms with Crippen LogP contribution in [-0.2, 0) is 4.74 Å². The number of hydrogen-bond acceptors (Lipinski definition) is 5. The molecule has 2 heterocycles. The van der Waals surface area contributed by atoms with Gasteiger partial charge >= 0.3 is 6.09 Å². The fourth-order valence-corrected chi connectivity index (χ4v) is 2.49. The first kappa shape index (κ1) is 17.1. The van der Waals surface area contributed by atoms with Gasteiger partial charge in [-0.2, -0.15) is 4.98 Å². The van der Waals surface area contributed by atoms with Crippen LogP contribution in [-0.4, -0.2) is 46.2 Å². The van der Waals surface area contributed by atoms with E-state index in [1.807, 2.05) is 20.8 Å². The minimum Gasteiger partial charge on any atom is -0.444 e. The summed E-state index contributed by atoms with van der Waals surface area (Å²) in [6, 6.07) is 0. The molecule has 0 bridgehead atoms. The Morgan fingerprint density at radius 2 is 2.23 bits per heavy atom. The smallest absolute Gasteiger partial charge is 0.410 e. The van der Waals surface area contributed by atoms with E-state index in [4.69, 9.17) is 27.9 Å². The minimum atomic E-state index is -0.474. The second-order valence-corrected chi connectivity index (χ2v) is 7.04. The molecule has 1 aliphatic rings. The maximum absolute atomic E-state index is 12.0. The van der Waals surface area contributed by atoms with E-state index >= 15 is 0 Å². The highest BCUT2D eigenvalue weighted by molar-refractivity contribution is 6.33. The van der Waals surface area contributed by atoms with Crippen LogP contribution in [0.25, 0.3) is 0 Å². The van der Waals surface area contributed by atoms with Crippen LogP contribution in [0.5, 0.6) is 0 Å². The van der Waals surface area contributed by atoms with Gasteiger partial charge in [0.15, 0.2) is 0 Å². The molecule has 1 aliphatic heterocycles. The van der Waals surface area contributed by atoms with Crippen LogP contribution in [0.15, 0.2) is 6.20 Å². The molecule has 22 heavy (non-hydrogen) atoms. The van der Waals surface area contributed by atoms with E-state index in [-0.39, 0.29) is 11.4 Å². The first-order chi connectivity index (χ1) is 10.2. The van der Waals surface area contributed by atoms with E-state index in [9.17, 15) is 4.79 Å². The van der Waals surface area contributed by atoms with E-state index in [1.54, 1.807) is 4.90 Å². The number of nitrogens with one attached hydrogen (secondary N) is 1. The van der Waals surface area contributed by atoms with Gasteiger partial charge in [-0.25, -0.2) is 9.78 Å². The van der Waals surface area contributed by atoms with Crippen LogP contribution < -0.4 is 5.32 Å². The molecule has 0 saturated carbocycles. The Hall–Kier alpha value is -1.27. The van der Waals surface area contributed by atoms with Crippen LogP contribution >= 0.6 is 23.2 Å². The lowest BCUT2D eigenvalue weighted by Gasteiger charge is -2.24. The Morgan fingerprint density at radius 3 is 2.91 bits per heavy atom. The number of likely N-dealkylation sites (tertiary alicyclic amines) is 1. The summed E-state index contributed by atoms with van der Waals surface area (Å²) in [7, 11) is 0. The number of halogens is 2. The van der Waals surface area contributed by atoms with Crippen molar-refractivity contribution >= 4 is 35.1 Å². The van der Waals surface area contributed by atoms with Crippen molar-refractivity contribution in [2.45, 2.75) is 32.8 Å². The molecule has 1 atom stereocenters. The molecular formula is C14H20Cl2N4O2. The van der Waals surface area contributed by atoms with Crippen molar-refractivity contribution in [3.05, 3.63) is 16.5 Å².